The van der Waals surface area contributed by atoms with Crippen LogP contribution in [0.15, 0.2) is 0 Å². The predicted molar refractivity (Wildman–Crippen MR) is 59.5 cm³/mol. The number of urea groups is 1. The van der Waals surface area contributed by atoms with Crippen molar-refractivity contribution in [2.75, 3.05) is 20.7 Å². The number of aliphatic carboxylic acids is 1. The fourth-order valence-electron chi connectivity index (χ4n) is 1.06. The van der Waals surface area contributed by atoms with Crippen molar-refractivity contribution >= 4 is 18.0 Å². The second kappa shape index (κ2) is 7.48. The van der Waals surface area contributed by atoms with Crippen LogP contribution in [0.4, 0.5) is 4.79 Å². The number of methoxy groups -OCH3 is 1. The molecule has 2 amide bonds. The van der Waals surface area contributed by atoms with E-state index in [0.717, 1.165) is 0 Å². The van der Waals surface area contributed by atoms with Crippen LogP contribution < -0.4 is 5.32 Å². The van der Waals surface area contributed by atoms with Crippen molar-refractivity contribution in [3.8, 4) is 0 Å². The zero-order valence-electron chi connectivity index (χ0n) is 10.2. The number of likely N-dealkylation sites (N-methyl/N-ethyl adjacent to an activating group) is 1. The van der Waals surface area contributed by atoms with Crippen molar-refractivity contribution in [1.82, 2.24) is 10.2 Å². The summed E-state index contributed by atoms with van der Waals surface area (Å²) in [6.07, 6.45) is 0.329. The third-order valence-corrected chi connectivity index (χ3v) is 2.10. The highest BCUT2D eigenvalue weighted by Gasteiger charge is 2.15. The van der Waals surface area contributed by atoms with E-state index in [1.165, 1.54) is 19.1 Å². The van der Waals surface area contributed by atoms with Crippen LogP contribution >= 0.6 is 0 Å². The van der Waals surface area contributed by atoms with E-state index in [0.29, 0.717) is 6.42 Å². The van der Waals surface area contributed by atoms with E-state index in [9.17, 15) is 14.4 Å². The van der Waals surface area contributed by atoms with Gasteiger partial charge in [0.15, 0.2) is 0 Å². The normalized spacial score (nSPS) is 11.5. The van der Waals surface area contributed by atoms with Crippen LogP contribution in [0.3, 0.4) is 0 Å². The Morgan fingerprint density at radius 1 is 1.41 bits per heavy atom. The van der Waals surface area contributed by atoms with Gasteiger partial charge in [-0.3, -0.25) is 9.59 Å². The molecule has 0 heterocycles. The molecule has 0 saturated carbocycles. The summed E-state index contributed by atoms with van der Waals surface area (Å²) in [5.74, 6) is -1.42. The smallest absolute Gasteiger partial charge is 0.325 e. The highest BCUT2D eigenvalue weighted by Crippen LogP contribution is 1.97. The largest absolute Gasteiger partial charge is 0.481 e. The molecule has 0 aromatic rings. The van der Waals surface area contributed by atoms with Gasteiger partial charge in [-0.15, -0.1) is 0 Å². The molecule has 0 aliphatic carbocycles. The lowest BCUT2D eigenvalue weighted by atomic mass is 10.2. The Morgan fingerprint density at radius 2 is 2.00 bits per heavy atom. The van der Waals surface area contributed by atoms with Gasteiger partial charge in [0.1, 0.15) is 6.54 Å². The number of nitrogens with zero attached hydrogens (tertiary/aromatic N) is 1. The summed E-state index contributed by atoms with van der Waals surface area (Å²) in [7, 11) is 2.69. The van der Waals surface area contributed by atoms with Gasteiger partial charge in [0.2, 0.25) is 0 Å². The van der Waals surface area contributed by atoms with E-state index < -0.39 is 18.0 Å². The van der Waals surface area contributed by atoms with Crippen molar-refractivity contribution in [3.05, 3.63) is 0 Å². The summed E-state index contributed by atoms with van der Waals surface area (Å²) in [4.78, 5) is 33.9. The molecule has 1 unspecified atom stereocenters. The van der Waals surface area contributed by atoms with Crippen molar-refractivity contribution in [1.29, 1.82) is 0 Å². The van der Waals surface area contributed by atoms with Gasteiger partial charge in [-0.2, -0.15) is 0 Å². The van der Waals surface area contributed by atoms with Gasteiger partial charge in [-0.1, -0.05) is 0 Å². The second-order valence-electron chi connectivity index (χ2n) is 3.72. The minimum Gasteiger partial charge on any atom is -0.481 e. The molecule has 0 aliphatic heterocycles. The SMILES string of the molecule is COC(=O)CN(C)C(=O)NC(C)CCC(=O)O. The van der Waals surface area contributed by atoms with Crippen LogP contribution in [0.5, 0.6) is 0 Å². The Hall–Kier alpha value is -1.79. The maximum absolute atomic E-state index is 11.5. The van der Waals surface area contributed by atoms with Gasteiger partial charge in [0.25, 0.3) is 0 Å². The Labute approximate surface area is 99.7 Å². The van der Waals surface area contributed by atoms with Crippen LogP contribution in [-0.2, 0) is 14.3 Å². The third-order valence-electron chi connectivity index (χ3n) is 2.10. The fourth-order valence-corrected chi connectivity index (χ4v) is 1.06. The fraction of sp³-hybridized carbons (Fsp3) is 0.700. The molecule has 17 heavy (non-hydrogen) atoms. The Bertz CT molecular complexity index is 292. The highest BCUT2D eigenvalue weighted by atomic mass is 16.5. The van der Waals surface area contributed by atoms with E-state index in [2.05, 4.69) is 10.1 Å². The number of nitrogens with one attached hydrogen (secondary N) is 1. The third kappa shape index (κ3) is 7.15. The first-order chi connectivity index (χ1) is 7.86. The summed E-state index contributed by atoms with van der Waals surface area (Å²) < 4.78 is 4.42. The lowest BCUT2D eigenvalue weighted by molar-refractivity contribution is -0.141. The van der Waals surface area contributed by atoms with Crippen LogP contribution in [0.1, 0.15) is 19.8 Å². The van der Waals surface area contributed by atoms with Gasteiger partial charge in [0, 0.05) is 19.5 Å². The summed E-state index contributed by atoms with van der Waals surface area (Å²) in [6.45, 7) is 1.56. The molecule has 0 aromatic heterocycles. The molecule has 7 nitrogen and oxygen atoms in total. The van der Waals surface area contributed by atoms with Gasteiger partial charge in [-0.05, 0) is 13.3 Å². The van der Waals surface area contributed by atoms with Crippen LogP contribution in [-0.4, -0.2) is 54.7 Å². The molecule has 0 fully saturated rings. The number of hydrogen-bond donors (Lipinski definition) is 2. The standard InChI is InChI=1S/C10H18N2O5/c1-7(4-5-8(13)14)11-10(16)12(2)6-9(15)17-3/h7H,4-6H2,1-3H3,(H,11,16)(H,13,14). The van der Waals surface area contributed by atoms with E-state index in [1.54, 1.807) is 6.92 Å². The molecule has 0 rings (SSSR count). The number of carbonyl (C=O) groups is 3. The van der Waals surface area contributed by atoms with Crippen molar-refractivity contribution < 1.29 is 24.2 Å². The van der Waals surface area contributed by atoms with Gasteiger partial charge < -0.3 is 20.1 Å². The van der Waals surface area contributed by atoms with Crippen LogP contribution in [0.25, 0.3) is 0 Å². The number of carboxylic acid groups (broad SMARTS) is 1. The number of carboxylic acids is 1. The molecule has 1 atom stereocenters. The summed E-state index contributed by atoms with van der Waals surface area (Å²) in [6, 6.07) is -0.702. The van der Waals surface area contributed by atoms with Gasteiger partial charge in [0.05, 0.1) is 7.11 Å². The van der Waals surface area contributed by atoms with Crippen molar-refractivity contribution in [3.63, 3.8) is 0 Å². The average Bonchev–Trinajstić information content (AvgIpc) is 2.25. The van der Waals surface area contributed by atoms with Crippen molar-refractivity contribution in [2.24, 2.45) is 0 Å². The van der Waals surface area contributed by atoms with Crippen LogP contribution in [0.2, 0.25) is 0 Å². The molecular formula is C10H18N2O5. The number of amides is 2. The maximum Gasteiger partial charge on any atom is 0.325 e. The molecule has 2 N–H and O–H groups in total. The second-order valence-corrected chi connectivity index (χ2v) is 3.72. The van der Waals surface area contributed by atoms with E-state index in [1.807, 2.05) is 0 Å². The molecule has 7 heteroatoms. The lowest BCUT2D eigenvalue weighted by Gasteiger charge is -2.19. The summed E-state index contributed by atoms with van der Waals surface area (Å²) >= 11 is 0. The quantitative estimate of drug-likeness (QED) is 0.646. The first-order valence-electron chi connectivity index (χ1n) is 5.17. The minimum absolute atomic E-state index is 0.0117. The molecule has 0 radical (unpaired) electrons. The number of esters is 1. The lowest BCUT2D eigenvalue weighted by Crippen LogP contribution is -2.44. The van der Waals surface area contributed by atoms with Crippen molar-refractivity contribution in [2.45, 2.75) is 25.8 Å². The predicted octanol–water partition coefficient (Wildman–Crippen LogP) is 0.0541. The summed E-state index contributed by atoms with van der Waals surface area (Å²) in [5, 5.41) is 11.1. The molecule has 0 aromatic carbocycles. The summed E-state index contributed by atoms with van der Waals surface area (Å²) in [5.41, 5.74) is 0. The molecule has 0 saturated heterocycles. The maximum atomic E-state index is 11.5. The zero-order valence-corrected chi connectivity index (χ0v) is 10.2. The van der Waals surface area contributed by atoms with Gasteiger partial charge >= 0.3 is 18.0 Å². The topological polar surface area (TPSA) is 95.9 Å². The monoisotopic (exact) mass is 246 g/mol. The highest BCUT2D eigenvalue weighted by molar-refractivity contribution is 5.80. The molecular weight excluding hydrogens is 228 g/mol. The molecule has 0 spiro atoms. The van der Waals surface area contributed by atoms with E-state index in [4.69, 9.17) is 5.11 Å². The van der Waals surface area contributed by atoms with E-state index in [-0.39, 0.29) is 19.0 Å². The van der Waals surface area contributed by atoms with Crippen LogP contribution in [0, 0.1) is 0 Å². The molecule has 98 valence electrons. The minimum atomic E-state index is -0.908. The Morgan fingerprint density at radius 3 is 2.47 bits per heavy atom. The molecule has 0 bridgehead atoms. The van der Waals surface area contributed by atoms with E-state index >= 15 is 0 Å². The number of rotatable bonds is 6. The average molecular weight is 246 g/mol. The number of hydrogen-bond acceptors (Lipinski definition) is 4. The number of carbonyl (C=O) groups excluding carboxylic acids is 2. The Kier molecular flexibility index (Phi) is 6.69. The number of ether oxygens (including phenoxy) is 1. The Balaban J connectivity index is 3.98. The zero-order chi connectivity index (χ0) is 13.4. The first kappa shape index (κ1) is 15.2. The van der Waals surface area contributed by atoms with Gasteiger partial charge in [-0.25, -0.2) is 4.79 Å². The first-order valence-corrected chi connectivity index (χ1v) is 5.17. The molecule has 0 aliphatic rings.